The summed E-state index contributed by atoms with van der Waals surface area (Å²) in [4.78, 5) is 27.9. The molecule has 36 heavy (non-hydrogen) atoms. The zero-order valence-electron chi connectivity index (χ0n) is 20.1. The molecule has 0 spiro atoms. The van der Waals surface area contributed by atoms with E-state index < -0.39 is 5.91 Å². The number of hydrogen-bond acceptors (Lipinski definition) is 9. The lowest BCUT2D eigenvalue weighted by molar-refractivity contribution is 0.0957. The Bertz CT molecular complexity index is 1330. The van der Waals surface area contributed by atoms with E-state index in [1.165, 1.54) is 0 Å². The molecule has 0 saturated carbocycles. The van der Waals surface area contributed by atoms with E-state index >= 15 is 0 Å². The van der Waals surface area contributed by atoms with Gasteiger partial charge in [0.25, 0.3) is 5.91 Å². The number of nitrogens with zero attached hydrogens (tertiary/aromatic N) is 4. The van der Waals surface area contributed by atoms with Crippen LogP contribution in [0.3, 0.4) is 0 Å². The fourth-order valence-electron chi connectivity index (χ4n) is 3.97. The van der Waals surface area contributed by atoms with Gasteiger partial charge in [-0.25, -0.2) is 9.97 Å². The average molecular weight is 486 g/mol. The molecule has 1 aliphatic heterocycles. The number of benzene rings is 1. The summed E-state index contributed by atoms with van der Waals surface area (Å²) in [7, 11) is 0. The molecule has 1 amide bonds. The van der Waals surface area contributed by atoms with E-state index in [0.29, 0.717) is 19.2 Å². The number of furan rings is 1. The lowest BCUT2D eigenvalue weighted by atomic mass is 10.1. The lowest BCUT2D eigenvalue weighted by Crippen LogP contribution is -2.37. The van der Waals surface area contributed by atoms with Crippen molar-refractivity contribution in [2.45, 2.75) is 13.8 Å². The van der Waals surface area contributed by atoms with Crippen LogP contribution in [0, 0.1) is 13.8 Å². The summed E-state index contributed by atoms with van der Waals surface area (Å²) in [6.45, 7) is 6.84. The first-order chi connectivity index (χ1) is 17.5. The van der Waals surface area contributed by atoms with Crippen molar-refractivity contribution in [3.8, 4) is 11.3 Å². The van der Waals surface area contributed by atoms with Gasteiger partial charge in [0.15, 0.2) is 0 Å². The zero-order chi connectivity index (χ0) is 24.9. The van der Waals surface area contributed by atoms with Gasteiger partial charge in [0, 0.05) is 36.1 Å². The molecule has 0 atom stereocenters. The molecular formula is C26H27N7O3. The van der Waals surface area contributed by atoms with Gasteiger partial charge in [-0.1, -0.05) is 0 Å². The van der Waals surface area contributed by atoms with Crippen molar-refractivity contribution >= 4 is 29.0 Å². The van der Waals surface area contributed by atoms with Crippen molar-refractivity contribution in [3.63, 3.8) is 0 Å². The van der Waals surface area contributed by atoms with Crippen LogP contribution in [0.15, 0.2) is 65.5 Å². The van der Waals surface area contributed by atoms with Gasteiger partial charge < -0.3 is 19.4 Å². The van der Waals surface area contributed by atoms with Gasteiger partial charge >= 0.3 is 0 Å². The molecule has 3 aromatic heterocycles. The number of anilines is 4. The third-order valence-electron chi connectivity index (χ3n) is 5.71. The maximum absolute atomic E-state index is 12.6. The Balaban J connectivity index is 1.21. The zero-order valence-corrected chi connectivity index (χ0v) is 20.1. The quantitative estimate of drug-likeness (QED) is 0.333. The molecule has 0 unspecified atom stereocenters. The second kappa shape index (κ2) is 10.4. The first-order valence-corrected chi connectivity index (χ1v) is 11.7. The van der Waals surface area contributed by atoms with Crippen LogP contribution in [0.5, 0.6) is 0 Å². The number of aryl methyl sites for hydroxylation is 2. The minimum Gasteiger partial charge on any atom is -0.464 e. The van der Waals surface area contributed by atoms with Crippen LogP contribution in [0.25, 0.3) is 11.3 Å². The Morgan fingerprint density at radius 2 is 1.86 bits per heavy atom. The largest absolute Gasteiger partial charge is 0.464 e. The number of aromatic nitrogens is 3. The summed E-state index contributed by atoms with van der Waals surface area (Å²) < 4.78 is 10.9. The Hall–Kier alpha value is -4.44. The van der Waals surface area contributed by atoms with Crippen LogP contribution in [0.1, 0.15) is 21.6 Å². The average Bonchev–Trinajstić information content (AvgIpc) is 3.44. The summed E-state index contributed by atoms with van der Waals surface area (Å²) >= 11 is 0. The third-order valence-corrected chi connectivity index (χ3v) is 5.71. The minimum atomic E-state index is -0.394. The fourth-order valence-corrected chi connectivity index (χ4v) is 3.97. The van der Waals surface area contributed by atoms with Gasteiger partial charge in [-0.2, -0.15) is 4.98 Å². The first-order valence-electron chi connectivity index (χ1n) is 11.7. The fraction of sp³-hybridized carbons (Fsp3) is 0.231. The molecule has 3 N–H and O–H groups in total. The van der Waals surface area contributed by atoms with E-state index in [9.17, 15) is 4.79 Å². The smallest absolute Gasteiger partial charge is 0.288 e. The minimum absolute atomic E-state index is 0.258. The van der Waals surface area contributed by atoms with Crippen molar-refractivity contribution < 1.29 is 13.9 Å². The van der Waals surface area contributed by atoms with E-state index in [4.69, 9.17) is 9.15 Å². The lowest BCUT2D eigenvalue weighted by Gasteiger charge is -2.29. The summed E-state index contributed by atoms with van der Waals surface area (Å²) in [5.41, 5.74) is 10.3. The molecule has 4 heterocycles. The van der Waals surface area contributed by atoms with Crippen LogP contribution in [-0.2, 0) is 4.74 Å². The van der Waals surface area contributed by atoms with Gasteiger partial charge in [0.05, 0.1) is 31.4 Å². The molecule has 0 radical (unpaired) electrons. The molecule has 1 saturated heterocycles. The Labute approximate surface area is 208 Å². The number of ether oxygens (including phenoxy) is 1. The Kier molecular flexibility index (Phi) is 6.76. The molecular weight excluding hydrogens is 458 g/mol. The van der Waals surface area contributed by atoms with Crippen molar-refractivity contribution in [1.82, 2.24) is 20.4 Å². The van der Waals surface area contributed by atoms with Gasteiger partial charge in [-0.05, 0) is 61.9 Å². The highest BCUT2D eigenvalue weighted by Gasteiger charge is 2.16. The molecule has 184 valence electrons. The predicted octanol–water partition coefficient (Wildman–Crippen LogP) is 4.09. The molecule has 10 heteroatoms. The summed E-state index contributed by atoms with van der Waals surface area (Å²) in [6, 6.07) is 13.3. The number of morpholine rings is 1. The second-order valence-electron chi connectivity index (χ2n) is 8.50. The number of amides is 1. The van der Waals surface area contributed by atoms with Gasteiger partial charge in [-0.3, -0.25) is 15.6 Å². The monoisotopic (exact) mass is 485 g/mol. The number of carbonyl (C=O) groups excluding carboxylic acids is 1. The summed E-state index contributed by atoms with van der Waals surface area (Å²) in [5.74, 6) is 1.54. The number of rotatable bonds is 7. The highest BCUT2D eigenvalue weighted by molar-refractivity contribution is 5.93. The highest BCUT2D eigenvalue weighted by atomic mass is 16.5. The van der Waals surface area contributed by atoms with E-state index in [1.54, 1.807) is 30.8 Å². The number of pyridine rings is 1. The van der Waals surface area contributed by atoms with Crippen LogP contribution in [0.4, 0.5) is 23.1 Å². The van der Waals surface area contributed by atoms with Crippen molar-refractivity contribution in [2.75, 3.05) is 41.9 Å². The molecule has 0 aliphatic carbocycles. The van der Waals surface area contributed by atoms with E-state index in [0.717, 1.165) is 52.7 Å². The molecule has 1 aliphatic rings. The standard InChI is InChI=1S/C26H27N7O3/c1-17-12-19(23-4-3-9-36-23)14-21(13-17)29-20-5-6-22(27-16-20)25(34)31-32-26-28-15-18(2)24(30-26)33-7-10-35-11-8-33/h3-6,9,12-16,29H,7-8,10-11H2,1-2H3,(H,31,34)(H,28,30,32). The van der Waals surface area contributed by atoms with Gasteiger partial charge in [0.2, 0.25) is 5.95 Å². The van der Waals surface area contributed by atoms with Crippen LogP contribution in [0.2, 0.25) is 0 Å². The van der Waals surface area contributed by atoms with Crippen molar-refractivity contribution in [1.29, 1.82) is 0 Å². The van der Waals surface area contributed by atoms with Crippen molar-refractivity contribution in [3.05, 3.63) is 77.9 Å². The van der Waals surface area contributed by atoms with Gasteiger partial charge in [0.1, 0.15) is 17.3 Å². The summed E-state index contributed by atoms with van der Waals surface area (Å²) in [5, 5.41) is 3.33. The van der Waals surface area contributed by atoms with E-state index in [1.807, 2.05) is 38.1 Å². The second-order valence-corrected chi connectivity index (χ2v) is 8.50. The van der Waals surface area contributed by atoms with Crippen LogP contribution in [-0.4, -0.2) is 47.2 Å². The number of hydrogen-bond donors (Lipinski definition) is 3. The molecule has 1 fully saturated rings. The molecule has 1 aromatic carbocycles. The maximum Gasteiger partial charge on any atom is 0.288 e. The number of nitrogens with one attached hydrogen (secondary N) is 3. The normalized spacial score (nSPS) is 13.3. The van der Waals surface area contributed by atoms with E-state index in [-0.39, 0.29) is 5.69 Å². The Morgan fingerprint density at radius 1 is 1.00 bits per heavy atom. The third kappa shape index (κ3) is 5.44. The Morgan fingerprint density at radius 3 is 2.61 bits per heavy atom. The highest BCUT2D eigenvalue weighted by Crippen LogP contribution is 2.27. The first kappa shape index (κ1) is 23.3. The maximum atomic E-state index is 12.6. The molecule has 10 nitrogen and oxygen atoms in total. The topological polar surface area (TPSA) is 117 Å². The van der Waals surface area contributed by atoms with Crippen molar-refractivity contribution in [2.24, 2.45) is 0 Å². The van der Waals surface area contributed by atoms with Crippen LogP contribution >= 0.6 is 0 Å². The predicted molar refractivity (Wildman–Crippen MR) is 137 cm³/mol. The molecule has 5 rings (SSSR count). The summed E-state index contributed by atoms with van der Waals surface area (Å²) in [6.07, 6.45) is 5.00. The van der Waals surface area contributed by atoms with Crippen LogP contribution < -0.4 is 21.1 Å². The van der Waals surface area contributed by atoms with E-state index in [2.05, 4.69) is 42.1 Å². The number of hydrazine groups is 1. The molecule has 4 aromatic rings. The number of carbonyl (C=O) groups is 1. The molecule has 0 bridgehead atoms. The SMILES string of the molecule is Cc1cc(Nc2ccc(C(=O)NNc3ncc(C)c(N4CCOCC4)n3)nc2)cc(-c2ccco2)c1. The van der Waals surface area contributed by atoms with Gasteiger partial charge in [-0.15, -0.1) is 0 Å².